The van der Waals surface area contributed by atoms with Gasteiger partial charge in [-0.25, -0.2) is 0 Å². The largest absolute Gasteiger partial charge is 0.395 e. The van der Waals surface area contributed by atoms with Crippen LogP contribution in [0.3, 0.4) is 0 Å². The second kappa shape index (κ2) is 4.90. The van der Waals surface area contributed by atoms with E-state index in [4.69, 9.17) is 5.73 Å². The second-order valence-electron chi connectivity index (χ2n) is 7.15. The van der Waals surface area contributed by atoms with Crippen molar-refractivity contribution in [2.45, 2.75) is 46.0 Å². The van der Waals surface area contributed by atoms with Crippen LogP contribution in [-0.2, 0) is 0 Å². The summed E-state index contributed by atoms with van der Waals surface area (Å²) in [4.78, 5) is 14.4. The zero-order valence-corrected chi connectivity index (χ0v) is 13.1. The number of anilines is 1. The number of nitrogens with one attached hydrogen (secondary N) is 1. The van der Waals surface area contributed by atoms with Gasteiger partial charge in [-0.05, 0) is 24.7 Å². The summed E-state index contributed by atoms with van der Waals surface area (Å²) >= 11 is 0. The number of aromatic nitrogens is 2. The molecule has 1 aromatic rings. The lowest BCUT2D eigenvalue weighted by Crippen LogP contribution is -2.36. The number of nitrogens with zero attached hydrogens (tertiary/aromatic N) is 2. The molecular formula is C16H24N4O. The summed E-state index contributed by atoms with van der Waals surface area (Å²) in [5.74, 6) is 0.424. The highest BCUT2D eigenvalue weighted by Crippen LogP contribution is 2.42. The van der Waals surface area contributed by atoms with Crippen LogP contribution < -0.4 is 5.73 Å². The molecule has 2 heterocycles. The molecule has 0 spiro atoms. The fourth-order valence-electron chi connectivity index (χ4n) is 2.89. The van der Waals surface area contributed by atoms with Crippen molar-refractivity contribution in [3.63, 3.8) is 0 Å². The summed E-state index contributed by atoms with van der Waals surface area (Å²) in [6.07, 6.45) is 5.38. The SMILES string of the molecule is CC(C)(C)C1=CCN(C(=O)c2n[nH]c(C3CC3)c2N)CC1. The van der Waals surface area contributed by atoms with Crippen LogP contribution in [0.2, 0.25) is 0 Å². The molecule has 0 saturated heterocycles. The van der Waals surface area contributed by atoms with E-state index in [9.17, 15) is 4.79 Å². The molecule has 1 aliphatic heterocycles. The third-order valence-electron chi connectivity index (χ3n) is 4.48. The number of amides is 1. The lowest BCUT2D eigenvalue weighted by atomic mass is 9.83. The van der Waals surface area contributed by atoms with E-state index in [0.717, 1.165) is 31.5 Å². The Morgan fingerprint density at radius 1 is 1.43 bits per heavy atom. The highest BCUT2D eigenvalue weighted by molar-refractivity contribution is 5.98. The summed E-state index contributed by atoms with van der Waals surface area (Å²) in [7, 11) is 0. The molecule has 0 unspecified atom stereocenters. The molecule has 1 saturated carbocycles. The summed E-state index contributed by atoms with van der Waals surface area (Å²) in [6, 6.07) is 0. The van der Waals surface area contributed by atoms with Crippen LogP contribution in [0.5, 0.6) is 0 Å². The molecule has 21 heavy (non-hydrogen) atoms. The Morgan fingerprint density at radius 2 is 2.14 bits per heavy atom. The van der Waals surface area contributed by atoms with Crippen LogP contribution in [0.15, 0.2) is 11.6 Å². The van der Waals surface area contributed by atoms with Gasteiger partial charge in [0.15, 0.2) is 5.69 Å². The number of carbonyl (C=O) groups is 1. The number of carbonyl (C=O) groups excluding carboxylic acids is 1. The number of nitrogen functional groups attached to an aromatic ring is 1. The molecule has 0 aromatic carbocycles. The lowest BCUT2D eigenvalue weighted by Gasteiger charge is -2.31. The zero-order chi connectivity index (χ0) is 15.2. The van der Waals surface area contributed by atoms with Crippen molar-refractivity contribution in [2.24, 2.45) is 5.41 Å². The van der Waals surface area contributed by atoms with Crippen molar-refractivity contribution in [3.8, 4) is 0 Å². The Morgan fingerprint density at radius 3 is 2.67 bits per heavy atom. The topological polar surface area (TPSA) is 75.0 Å². The first-order chi connectivity index (χ1) is 9.88. The smallest absolute Gasteiger partial charge is 0.276 e. The minimum absolute atomic E-state index is 0.0557. The van der Waals surface area contributed by atoms with E-state index in [0.29, 0.717) is 23.8 Å². The van der Waals surface area contributed by atoms with Crippen LogP contribution in [0.1, 0.15) is 62.1 Å². The monoisotopic (exact) mass is 288 g/mol. The van der Waals surface area contributed by atoms with Gasteiger partial charge in [-0.1, -0.05) is 32.4 Å². The molecule has 3 rings (SSSR count). The number of H-pyrrole nitrogens is 1. The molecular weight excluding hydrogens is 264 g/mol. The van der Waals surface area contributed by atoms with Crippen molar-refractivity contribution in [1.82, 2.24) is 15.1 Å². The molecule has 5 nitrogen and oxygen atoms in total. The Labute approximate surface area is 125 Å². The Hall–Kier alpha value is -1.78. The fourth-order valence-corrected chi connectivity index (χ4v) is 2.89. The Kier molecular flexibility index (Phi) is 3.30. The van der Waals surface area contributed by atoms with E-state index in [1.165, 1.54) is 5.57 Å². The third-order valence-corrected chi connectivity index (χ3v) is 4.48. The van der Waals surface area contributed by atoms with Gasteiger partial charge < -0.3 is 10.6 Å². The number of hydrogen-bond acceptors (Lipinski definition) is 3. The standard InChI is InChI=1S/C16H24N4O/c1-16(2,3)11-6-8-20(9-7-11)15(21)14-12(17)13(18-19-14)10-4-5-10/h6,10H,4-5,7-9,17H2,1-3H3,(H,18,19). The minimum atomic E-state index is -0.0557. The van der Waals surface area contributed by atoms with E-state index < -0.39 is 0 Å². The van der Waals surface area contributed by atoms with Crippen molar-refractivity contribution >= 4 is 11.6 Å². The zero-order valence-electron chi connectivity index (χ0n) is 13.1. The maximum atomic E-state index is 12.6. The predicted molar refractivity (Wildman–Crippen MR) is 83.0 cm³/mol. The third kappa shape index (κ3) is 2.69. The number of aromatic amines is 1. The van der Waals surface area contributed by atoms with E-state index in [-0.39, 0.29) is 11.3 Å². The van der Waals surface area contributed by atoms with Gasteiger partial charge in [-0.3, -0.25) is 9.89 Å². The van der Waals surface area contributed by atoms with Gasteiger partial charge in [-0.15, -0.1) is 0 Å². The van der Waals surface area contributed by atoms with E-state index >= 15 is 0 Å². The Balaban J connectivity index is 1.74. The molecule has 0 radical (unpaired) electrons. The molecule has 0 bridgehead atoms. The first kappa shape index (κ1) is 14.2. The first-order valence-electron chi connectivity index (χ1n) is 7.70. The average Bonchev–Trinajstić information content (AvgIpc) is 3.21. The normalized spacial score (nSPS) is 19.6. The fraction of sp³-hybridized carbons (Fsp3) is 0.625. The molecule has 5 heteroatoms. The van der Waals surface area contributed by atoms with Crippen molar-refractivity contribution in [3.05, 3.63) is 23.0 Å². The first-order valence-corrected chi connectivity index (χ1v) is 7.70. The van der Waals surface area contributed by atoms with Gasteiger partial charge in [0.1, 0.15) is 0 Å². The number of hydrogen-bond donors (Lipinski definition) is 2. The summed E-state index contributed by atoms with van der Waals surface area (Å²) < 4.78 is 0. The summed E-state index contributed by atoms with van der Waals surface area (Å²) in [5, 5.41) is 7.11. The van der Waals surface area contributed by atoms with Gasteiger partial charge in [0.2, 0.25) is 0 Å². The Bertz CT molecular complexity index is 590. The highest BCUT2D eigenvalue weighted by Gasteiger charge is 2.32. The van der Waals surface area contributed by atoms with Crippen molar-refractivity contribution in [2.75, 3.05) is 18.8 Å². The quantitative estimate of drug-likeness (QED) is 0.822. The van der Waals surface area contributed by atoms with Gasteiger partial charge in [0, 0.05) is 19.0 Å². The molecule has 114 valence electrons. The van der Waals surface area contributed by atoms with Gasteiger partial charge in [0.05, 0.1) is 11.4 Å². The number of rotatable bonds is 2. The average molecular weight is 288 g/mol. The van der Waals surface area contributed by atoms with E-state index in [2.05, 4.69) is 37.0 Å². The van der Waals surface area contributed by atoms with Crippen LogP contribution in [0.4, 0.5) is 5.69 Å². The number of nitrogens with two attached hydrogens (primary N) is 1. The molecule has 1 aromatic heterocycles. The maximum absolute atomic E-state index is 12.6. The molecule has 1 amide bonds. The van der Waals surface area contributed by atoms with Crippen LogP contribution in [-0.4, -0.2) is 34.1 Å². The molecule has 1 fully saturated rings. The molecule has 1 aliphatic carbocycles. The van der Waals surface area contributed by atoms with Crippen LogP contribution >= 0.6 is 0 Å². The van der Waals surface area contributed by atoms with E-state index in [1.54, 1.807) is 0 Å². The van der Waals surface area contributed by atoms with Crippen LogP contribution in [0.25, 0.3) is 0 Å². The van der Waals surface area contributed by atoms with Crippen molar-refractivity contribution in [1.29, 1.82) is 0 Å². The minimum Gasteiger partial charge on any atom is -0.395 e. The van der Waals surface area contributed by atoms with Gasteiger partial charge in [-0.2, -0.15) is 5.10 Å². The van der Waals surface area contributed by atoms with E-state index in [1.807, 2.05) is 4.90 Å². The lowest BCUT2D eigenvalue weighted by molar-refractivity contribution is 0.0760. The van der Waals surface area contributed by atoms with Gasteiger partial charge in [0.25, 0.3) is 5.91 Å². The van der Waals surface area contributed by atoms with Crippen molar-refractivity contribution < 1.29 is 4.79 Å². The summed E-state index contributed by atoms with van der Waals surface area (Å²) in [5.41, 5.74) is 9.58. The molecule has 0 atom stereocenters. The predicted octanol–water partition coefficient (Wildman–Crippen LogP) is 2.69. The molecule has 3 N–H and O–H groups in total. The second-order valence-corrected chi connectivity index (χ2v) is 7.15. The maximum Gasteiger partial charge on any atom is 0.276 e. The molecule has 2 aliphatic rings. The highest BCUT2D eigenvalue weighted by atomic mass is 16.2. The van der Waals surface area contributed by atoms with Crippen LogP contribution in [0, 0.1) is 5.41 Å². The summed E-state index contributed by atoms with van der Waals surface area (Å²) in [6.45, 7) is 8.03. The van der Waals surface area contributed by atoms with Gasteiger partial charge >= 0.3 is 0 Å².